The standard InChI is InChI=1S/C19H20N6O3/c1-13-12-17(24-28-13)23-19-20-7-6-15(22-19)18(26)21-14-4-2-3-5-16(14)25-8-10-27-11-9-25/h2-7,12H,8-11H2,1H3,(H,21,26)(H,20,22,23,24). The Balaban J connectivity index is 1.50. The predicted molar refractivity (Wildman–Crippen MR) is 104 cm³/mol. The quantitative estimate of drug-likeness (QED) is 0.696. The average molecular weight is 380 g/mol. The van der Waals surface area contributed by atoms with E-state index in [0.29, 0.717) is 24.8 Å². The molecule has 9 nitrogen and oxygen atoms in total. The first-order valence-electron chi connectivity index (χ1n) is 8.95. The van der Waals surface area contributed by atoms with Gasteiger partial charge in [0.25, 0.3) is 5.91 Å². The van der Waals surface area contributed by atoms with Gasteiger partial charge in [-0.2, -0.15) is 0 Å². The minimum atomic E-state index is -0.317. The van der Waals surface area contributed by atoms with Gasteiger partial charge in [0, 0.05) is 25.4 Å². The van der Waals surface area contributed by atoms with Crippen molar-refractivity contribution >= 4 is 29.0 Å². The third-order valence-corrected chi connectivity index (χ3v) is 4.26. The van der Waals surface area contributed by atoms with Crippen LogP contribution in [0.15, 0.2) is 47.1 Å². The van der Waals surface area contributed by atoms with Crippen LogP contribution < -0.4 is 15.5 Å². The molecule has 0 aliphatic carbocycles. The summed E-state index contributed by atoms with van der Waals surface area (Å²) in [5.41, 5.74) is 1.94. The molecule has 0 unspecified atom stereocenters. The summed E-state index contributed by atoms with van der Waals surface area (Å²) in [5.74, 6) is 1.09. The first-order valence-corrected chi connectivity index (χ1v) is 8.95. The fraction of sp³-hybridized carbons (Fsp3) is 0.263. The number of carbonyl (C=O) groups excluding carboxylic acids is 1. The lowest BCUT2D eigenvalue weighted by molar-refractivity contribution is 0.102. The van der Waals surface area contributed by atoms with Gasteiger partial charge in [0.15, 0.2) is 5.82 Å². The summed E-state index contributed by atoms with van der Waals surface area (Å²) in [7, 11) is 0. The van der Waals surface area contributed by atoms with Gasteiger partial charge in [-0.15, -0.1) is 0 Å². The van der Waals surface area contributed by atoms with Crippen LogP contribution in [0.2, 0.25) is 0 Å². The molecule has 0 spiro atoms. The molecular formula is C19H20N6O3. The smallest absolute Gasteiger partial charge is 0.274 e. The third-order valence-electron chi connectivity index (χ3n) is 4.26. The first-order chi connectivity index (χ1) is 13.7. The van der Waals surface area contributed by atoms with E-state index in [0.717, 1.165) is 24.5 Å². The van der Waals surface area contributed by atoms with Gasteiger partial charge in [0.1, 0.15) is 11.5 Å². The molecular weight excluding hydrogens is 360 g/mol. The molecule has 1 aliphatic rings. The van der Waals surface area contributed by atoms with E-state index in [-0.39, 0.29) is 17.5 Å². The summed E-state index contributed by atoms with van der Waals surface area (Å²) in [6.45, 7) is 4.70. The number of nitrogens with zero attached hydrogens (tertiary/aromatic N) is 4. The Hall–Kier alpha value is -3.46. The predicted octanol–water partition coefficient (Wildman–Crippen LogP) is 2.61. The van der Waals surface area contributed by atoms with E-state index in [1.165, 1.54) is 6.20 Å². The van der Waals surface area contributed by atoms with Crippen molar-refractivity contribution in [1.29, 1.82) is 0 Å². The second kappa shape index (κ2) is 8.05. The van der Waals surface area contributed by atoms with Gasteiger partial charge in [-0.3, -0.25) is 4.79 Å². The maximum absolute atomic E-state index is 12.8. The van der Waals surface area contributed by atoms with Crippen molar-refractivity contribution in [3.05, 3.63) is 54.0 Å². The van der Waals surface area contributed by atoms with Gasteiger partial charge in [-0.05, 0) is 25.1 Å². The topological polar surface area (TPSA) is 105 Å². The molecule has 4 rings (SSSR count). The van der Waals surface area contributed by atoms with E-state index >= 15 is 0 Å². The lowest BCUT2D eigenvalue weighted by Gasteiger charge is -2.30. The number of carbonyl (C=O) groups is 1. The summed E-state index contributed by atoms with van der Waals surface area (Å²) in [6, 6.07) is 11.0. The fourth-order valence-electron chi connectivity index (χ4n) is 2.93. The Morgan fingerprint density at radius 1 is 1.18 bits per heavy atom. The number of amides is 1. The maximum Gasteiger partial charge on any atom is 0.274 e. The number of aryl methyl sites for hydroxylation is 1. The van der Waals surface area contributed by atoms with Crippen molar-refractivity contribution in [2.75, 3.05) is 41.8 Å². The zero-order chi connectivity index (χ0) is 19.3. The van der Waals surface area contributed by atoms with Crippen LogP contribution in [0.4, 0.5) is 23.1 Å². The number of benzene rings is 1. The van der Waals surface area contributed by atoms with Crippen LogP contribution in [0.1, 0.15) is 16.2 Å². The molecule has 28 heavy (non-hydrogen) atoms. The van der Waals surface area contributed by atoms with Gasteiger partial charge >= 0.3 is 0 Å². The fourth-order valence-corrected chi connectivity index (χ4v) is 2.93. The number of rotatable bonds is 5. The molecule has 2 N–H and O–H groups in total. The molecule has 3 aromatic rings. The monoisotopic (exact) mass is 380 g/mol. The van der Waals surface area contributed by atoms with E-state index < -0.39 is 0 Å². The highest BCUT2D eigenvalue weighted by atomic mass is 16.5. The highest BCUT2D eigenvalue weighted by Gasteiger charge is 2.17. The summed E-state index contributed by atoms with van der Waals surface area (Å²) >= 11 is 0. The van der Waals surface area contributed by atoms with Crippen LogP contribution in [0.3, 0.4) is 0 Å². The average Bonchev–Trinajstić information content (AvgIpc) is 3.14. The Morgan fingerprint density at radius 3 is 2.79 bits per heavy atom. The summed E-state index contributed by atoms with van der Waals surface area (Å²) in [6.07, 6.45) is 1.52. The van der Waals surface area contributed by atoms with Gasteiger partial charge in [-0.1, -0.05) is 17.3 Å². The third kappa shape index (κ3) is 4.09. The highest BCUT2D eigenvalue weighted by Crippen LogP contribution is 2.26. The molecule has 3 heterocycles. The van der Waals surface area contributed by atoms with Gasteiger partial charge in [-0.25, -0.2) is 9.97 Å². The molecule has 144 valence electrons. The molecule has 1 aliphatic heterocycles. The molecule has 1 amide bonds. The lowest BCUT2D eigenvalue weighted by atomic mass is 10.2. The number of hydrogen-bond donors (Lipinski definition) is 2. The Kier molecular flexibility index (Phi) is 5.16. The van der Waals surface area contributed by atoms with Gasteiger partial charge < -0.3 is 24.8 Å². The highest BCUT2D eigenvalue weighted by molar-refractivity contribution is 6.04. The number of aromatic nitrogens is 3. The first kappa shape index (κ1) is 17.9. The van der Waals surface area contributed by atoms with Crippen LogP contribution >= 0.6 is 0 Å². The summed E-state index contributed by atoms with van der Waals surface area (Å²) in [4.78, 5) is 23.3. The van der Waals surface area contributed by atoms with Crippen molar-refractivity contribution in [1.82, 2.24) is 15.1 Å². The van der Waals surface area contributed by atoms with Crippen LogP contribution in [0.25, 0.3) is 0 Å². The summed E-state index contributed by atoms with van der Waals surface area (Å²) < 4.78 is 10.4. The molecule has 0 atom stereocenters. The van der Waals surface area contributed by atoms with Crippen molar-refractivity contribution in [3.8, 4) is 0 Å². The number of ether oxygens (including phenoxy) is 1. The van der Waals surface area contributed by atoms with Crippen molar-refractivity contribution in [2.45, 2.75) is 6.92 Å². The largest absolute Gasteiger partial charge is 0.378 e. The van der Waals surface area contributed by atoms with E-state index in [1.807, 2.05) is 24.3 Å². The van der Waals surface area contributed by atoms with Crippen LogP contribution in [0, 0.1) is 6.92 Å². The normalized spacial score (nSPS) is 14.0. The SMILES string of the molecule is Cc1cc(Nc2nccc(C(=O)Nc3ccccc3N3CCOCC3)n2)no1. The van der Waals surface area contributed by atoms with Crippen molar-refractivity contribution in [2.24, 2.45) is 0 Å². The number of nitrogens with one attached hydrogen (secondary N) is 2. The molecule has 9 heteroatoms. The van der Waals surface area contributed by atoms with Crippen LogP contribution in [-0.4, -0.2) is 47.3 Å². The van der Waals surface area contributed by atoms with E-state index in [9.17, 15) is 4.79 Å². The number of morpholine rings is 1. The Labute approximate surface area is 161 Å². The Bertz CT molecular complexity index is 968. The maximum atomic E-state index is 12.8. The number of anilines is 4. The van der Waals surface area contributed by atoms with E-state index in [4.69, 9.17) is 9.26 Å². The zero-order valence-corrected chi connectivity index (χ0v) is 15.4. The number of hydrogen-bond acceptors (Lipinski definition) is 8. The molecule has 0 bridgehead atoms. The van der Waals surface area contributed by atoms with Crippen molar-refractivity contribution < 1.29 is 14.1 Å². The van der Waals surface area contributed by atoms with Gasteiger partial charge in [0.05, 0.1) is 24.6 Å². The lowest BCUT2D eigenvalue weighted by Crippen LogP contribution is -2.36. The second-order valence-electron chi connectivity index (χ2n) is 6.28. The summed E-state index contributed by atoms with van der Waals surface area (Å²) in [5, 5.41) is 9.70. The van der Waals surface area contributed by atoms with Crippen LogP contribution in [-0.2, 0) is 4.74 Å². The number of para-hydroxylation sites is 2. The molecule has 0 saturated carbocycles. The molecule has 0 radical (unpaired) electrons. The zero-order valence-electron chi connectivity index (χ0n) is 15.4. The van der Waals surface area contributed by atoms with Crippen molar-refractivity contribution in [3.63, 3.8) is 0 Å². The molecule has 1 aromatic carbocycles. The Morgan fingerprint density at radius 2 is 2.00 bits per heavy atom. The minimum Gasteiger partial charge on any atom is -0.378 e. The van der Waals surface area contributed by atoms with E-state index in [1.54, 1.807) is 19.1 Å². The molecule has 1 fully saturated rings. The van der Waals surface area contributed by atoms with Crippen LogP contribution in [0.5, 0.6) is 0 Å². The molecule has 2 aromatic heterocycles. The minimum absolute atomic E-state index is 0.245. The second-order valence-corrected chi connectivity index (χ2v) is 6.28. The molecule has 1 saturated heterocycles. The van der Waals surface area contributed by atoms with Gasteiger partial charge in [0.2, 0.25) is 5.95 Å². The van der Waals surface area contributed by atoms with E-state index in [2.05, 4.69) is 30.7 Å².